The number of aromatic nitrogens is 1. The number of thiazole rings is 1. The topological polar surface area (TPSA) is 71.5 Å². The van der Waals surface area contributed by atoms with Gasteiger partial charge in [0.25, 0.3) is 5.91 Å². The van der Waals surface area contributed by atoms with Gasteiger partial charge in [0.15, 0.2) is 5.13 Å². The minimum Gasteiger partial charge on any atom is -0.490 e. The quantitative estimate of drug-likeness (QED) is 0.191. The van der Waals surface area contributed by atoms with Crippen molar-refractivity contribution in [1.29, 1.82) is 0 Å². The maximum absolute atomic E-state index is 13.0. The lowest BCUT2D eigenvalue weighted by atomic mass is 9.98. The summed E-state index contributed by atoms with van der Waals surface area (Å²) in [6.07, 6.45) is 10.4. The molecule has 1 aromatic heterocycles. The third-order valence-corrected chi connectivity index (χ3v) is 9.54. The molecule has 2 fully saturated rings. The number of carbonyl (C=O) groups is 2. The number of thiocarbonyl (C=S) groups is 1. The molecule has 11 heteroatoms. The predicted molar refractivity (Wildman–Crippen MR) is 168 cm³/mol. The van der Waals surface area contributed by atoms with Crippen LogP contribution in [0.25, 0.3) is 6.08 Å². The summed E-state index contributed by atoms with van der Waals surface area (Å²) in [7, 11) is 0. The number of anilines is 1. The van der Waals surface area contributed by atoms with E-state index in [-0.39, 0.29) is 24.8 Å². The monoisotopic (exact) mass is 631 g/mol. The summed E-state index contributed by atoms with van der Waals surface area (Å²) < 4.78 is 6.54. The molecule has 1 N–H and O–H groups in total. The normalized spacial score (nSPS) is 17.1. The van der Waals surface area contributed by atoms with Gasteiger partial charge in [-0.25, -0.2) is 4.98 Å². The summed E-state index contributed by atoms with van der Waals surface area (Å²) in [5.41, 5.74) is 1.79. The van der Waals surface area contributed by atoms with Crippen molar-refractivity contribution in [3.8, 4) is 5.75 Å². The minimum atomic E-state index is -0.242. The molecular weight excluding hydrogens is 605 g/mol. The van der Waals surface area contributed by atoms with Gasteiger partial charge in [0, 0.05) is 40.5 Å². The lowest BCUT2D eigenvalue weighted by molar-refractivity contribution is -0.122. The molecular formula is C29H27Cl2N3O3S3. The number of nitrogens with zero attached hydrogens (tertiary/aromatic N) is 2. The number of amides is 2. The van der Waals surface area contributed by atoms with E-state index in [1.165, 1.54) is 47.3 Å². The smallest absolute Gasteiger partial charge is 0.266 e. The first-order valence-corrected chi connectivity index (χ1v) is 15.8. The van der Waals surface area contributed by atoms with Crippen LogP contribution in [0.5, 0.6) is 5.75 Å². The molecule has 0 spiro atoms. The number of nitrogens with one attached hydrogen (secondary N) is 1. The third kappa shape index (κ3) is 7.64. The van der Waals surface area contributed by atoms with Crippen LogP contribution in [0.1, 0.15) is 54.5 Å². The number of thioether (sulfide) groups is 1. The van der Waals surface area contributed by atoms with Gasteiger partial charge in [-0.2, -0.15) is 0 Å². The first kappa shape index (κ1) is 29.1. The SMILES string of the molecule is O=C(CCN1C(=O)/C(=C/c2ccc(OC3CCCCC3)cc2)SC1=S)Nc1ncc(Cc2cc(Cl)ccc2Cl)s1. The fourth-order valence-corrected chi connectivity index (χ4v) is 7.11. The van der Waals surface area contributed by atoms with Crippen molar-refractivity contribution < 1.29 is 14.3 Å². The lowest BCUT2D eigenvalue weighted by Gasteiger charge is -2.22. The third-order valence-electron chi connectivity index (χ3n) is 6.64. The Bertz CT molecular complexity index is 1440. The van der Waals surface area contributed by atoms with Crippen LogP contribution in [0.3, 0.4) is 0 Å². The van der Waals surface area contributed by atoms with Crippen LogP contribution in [0, 0.1) is 0 Å². The van der Waals surface area contributed by atoms with E-state index < -0.39 is 0 Å². The first-order chi connectivity index (χ1) is 19.3. The van der Waals surface area contributed by atoms with E-state index in [0.29, 0.717) is 36.9 Å². The molecule has 1 aliphatic carbocycles. The van der Waals surface area contributed by atoms with Crippen molar-refractivity contribution in [2.24, 2.45) is 0 Å². The molecule has 2 amide bonds. The predicted octanol–water partition coefficient (Wildman–Crippen LogP) is 7.98. The molecule has 5 rings (SSSR count). The molecule has 3 aromatic rings. The zero-order valence-corrected chi connectivity index (χ0v) is 25.5. The van der Waals surface area contributed by atoms with E-state index >= 15 is 0 Å². The molecule has 2 heterocycles. The van der Waals surface area contributed by atoms with Gasteiger partial charge in [-0.1, -0.05) is 65.7 Å². The van der Waals surface area contributed by atoms with E-state index in [1.807, 2.05) is 36.4 Å². The van der Waals surface area contributed by atoms with Crippen LogP contribution in [0.4, 0.5) is 5.13 Å². The molecule has 0 radical (unpaired) electrons. The zero-order valence-electron chi connectivity index (χ0n) is 21.5. The maximum atomic E-state index is 13.0. The van der Waals surface area contributed by atoms with Crippen molar-refractivity contribution in [1.82, 2.24) is 9.88 Å². The summed E-state index contributed by atoms with van der Waals surface area (Å²) in [5.74, 6) is 0.414. The van der Waals surface area contributed by atoms with Crippen molar-refractivity contribution in [2.45, 2.75) is 51.0 Å². The molecule has 2 aliphatic rings. The summed E-state index contributed by atoms with van der Waals surface area (Å²) in [5, 5.41) is 4.53. The van der Waals surface area contributed by atoms with Gasteiger partial charge in [0.1, 0.15) is 10.1 Å². The number of carbonyl (C=O) groups excluding carboxylic acids is 2. The van der Waals surface area contributed by atoms with Crippen LogP contribution >= 0.6 is 58.5 Å². The molecule has 2 aromatic carbocycles. The highest BCUT2D eigenvalue weighted by molar-refractivity contribution is 8.26. The molecule has 6 nitrogen and oxygen atoms in total. The van der Waals surface area contributed by atoms with Crippen molar-refractivity contribution in [2.75, 3.05) is 11.9 Å². The Morgan fingerprint density at radius 1 is 1.15 bits per heavy atom. The molecule has 208 valence electrons. The molecule has 0 atom stereocenters. The fourth-order valence-electron chi connectivity index (χ4n) is 4.57. The fraction of sp³-hybridized carbons (Fsp3) is 0.310. The van der Waals surface area contributed by atoms with E-state index in [0.717, 1.165) is 34.6 Å². The number of rotatable bonds is 9. The van der Waals surface area contributed by atoms with E-state index in [4.69, 9.17) is 40.2 Å². The Labute approximate surface area is 257 Å². The summed E-state index contributed by atoms with van der Waals surface area (Å²) in [6, 6.07) is 13.1. The zero-order chi connectivity index (χ0) is 28.1. The summed E-state index contributed by atoms with van der Waals surface area (Å²) in [6.45, 7) is 0.193. The number of ether oxygens (including phenoxy) is 1. The second-order valence-electron chi connectivity index (χ2n) is 9.62. The second kappa shape index (κ2) is 13.5. The Morgan fingerprint density at radius 3 is 2.70 bits per heavy atom. The van der Waals surface area contributed by atoms with Crippen molar-refractivity contribution in [3.63, 3.8) is 0 Å². The Balaban J connectivity index is 1.12. The molecule has 1 aliphatic heterocycles. The van der Waals surface area contributed by atoms with Gasteiger partial charge in [-0.05, 0) is 73.2 Å². The standard InChI is InChI=1S/C29H27Cl2N3O3S3/c30-20-8-11-24(31)19(15-20)16-23-17-32-28(39-23)33-26(35)12-13-34-27(36)25(40-29(34)38)14-18-6-9-22(10-7-18)37-21-4-2-1-3-5-21/h6-11,14-15,17,21H,1-5,12-13,16H2,(H,32,33,35)/b25-14-. The first-order valence-electron chi connectivity index (χ1n) is 13.0. The van der Waals surface area contributed by atoms with Crippen LogP contribution in [-0.2, 0) is 16.0 Å². The van der Waals surface area contributed by atoms with Gasteiger partial charge in [0.05, 0.1) is 11.0 Å². The minimum absolute atomic E-state index is 0.0992. The van der Waals surface area contributed by atoms with Crippen LogP contribution in [-0.4, -0.2) is 38.7 Å². The number of benzene rings is 2. The van der Waals surface area contributed by atoms with Gasteiger partial charge in [0.2, 0.25) is 5.91 Å². The number of hydrogen-bond donors (Lipinski definition) is 1. The largest absolute Gasteiger partial charge is 0.490 e. The van der Waals surface area contributed by atoms with Crippen LogP contribution in [0.15, 0.2) is 53.6 Å². The van der Waals surface area contributed by atoms with E-state index in [1.54, 1.807) is 18.3 Å². The van der Waals surface area contributed by atoms with Gasteiger partial charge in [-0.3, -0.25) is 14.5 Å². The average molecular weight is 633 g/mol. The van der Waals surface area contributed by atoms with Crippen LogP contribution < -0.4 is 10.1 Å². The van der Waals surface area contributed by atoms with Crippen molar-refractivity contribution >= 4 is 85.9 Å². The van der Waals surface area contributed by atoms with E-state index in [2.05, 4.69) is 10.3 Å². The maximum Gasteiger partial charge on any atom is 0.266 e. The lowest BCUT2D eigenvalue weighted by Crippen LogP contribution is -2.31. The van der Waals surface area contributed by atoms with Gasteiger partial charge < -0.3 is 10.1 Å². The average Bonchev–Trinajstić information content (AvgIpc) is 3.49. The second-order valence-corrected chi connectivity index (χ2v) is 13.3. The molecule has 1 saturated carbocycles. The van der Waals surface area contributed by atoms with Gasteiger partial charge in [-0.15, -0.1) is 11.3 Å². The summed E-state index contributed by atoms with van der Waals surface area (Å²) >= 11 is 20.4. The number of hydrogen-bond acceptors (Lipinski definition) is 7. The van der Waals surface area contributed by atoms with E-state index in [9.17, 15) is 9.59 Å². The Morgan fingerprint density at radius 2 is 1.93 bits per heavy atom. The molecule has 0 bridgehead atoms. The molecule has 0 unspecified atom stereocenters. The van der Waals surface area contributed by atoms with Crippen molar-refractivity contribution in [3.05, 3.63) is 79.6 Å². The highest BCUT2D eigenvalue weighted by atomic mass is 35.5. The highest BCUT2D eigenvalue weighted by Gasteiger charge is 2.32. The molecule has 1 saturated heterocycles. The number of halogens is 2. The highest BCUT2D eigenvalue weighted by Crippen LogP contribution is 2.33. The molecule has 40 heavy (non-hydrogen) atoms. The van der Waals surface area contributed by atoms with Gasteiger partial charge >= 0.3 is 0 Å². The Kier molecular flexibility index (Phi) is 9.80. The Hall–Kier alpha value is -2.43. The van der Waals surface area contributed by atoms with Crippen LogP contribution in [0.2, 0.25) is 10.0 Å². The summed E-state index contributed by atoms with van der Waals surface area (Å²) in [4.78, 5) is 32.9.